The second kappa shape index (κ2) is 16.7. The molecule has 4 aromatic heterocycles. The number of aromatic nitrogens is 4. The maximum Gasteiger partial charge on any atom is 0.0788 e. The molecule has 0 aliphatic rings. The number of hydrogen-bond acceptors (Lipinski definition) is 0. The van der Waals surface area contributed by atoms with Gasteiger partial charge in [-0.1, -0.05) is 194 Å². The lowest BCUT2D eigenvalue weighted by Crippen LogP contribution is -1.99. The third-order valence-corrected chi connectivity index (χ3v) is 15.9. The molecule has 0 atom stereocenters. The van der Waals surface area contributed by atoms with Crippen LogP contribution in [0.4, 0.5) is 0 Å². The average molecular weight is 967 g/mol. The number of nitrogens with zero attached hydrogens (tertiary/aromatic N) is 4. The summed E-state index contributed by atoms with van der Waals surface area (Å²) in [6, 6.07) is 102. The maximum absolute atomic E-state index is 2.49. The molecule has 0 fully saturated rings. The standard InChI is InChI=1S/C72H46N4/c1-5-17-47(18-6-1)51-33-43-67-63(45-51)61-41-39-59-57-25-13-15-27-65(57)73(53-21-9-3-10-22-53)69(59)71(61)75(67)55-35-29-49(30-36-55)50-31-37-56(38-32-50)76-68-44-34-52(48-19-7-2-8-20-48)46-64(68)62-42-40-60-58-26-14-16-28-66(58)74(70(60)72(62)76)54-23-11-4-12-24-54/h1-46H. The van der Waals surface area contributed by atoms with Crippen molar-refractivity contribution in [2.24, 2.45) is 0 Å². The third kappa shape index (κ3) is 6.31. The molecule has 0 aliphatic carbocycles. The van der Waals surface area contributed by atoms with Crippen molar-refractivity contribution in [1.82, 2.24) is 18.3 Å². The van der Waals surface area contributed by atoms with Gasteiger partial charge in [-0.25, -0.2) is 0 Å². The van der Waals surface area contributed by atoms with Crippen LogP contribution in [0, 0.1) is 0 Å². The van der Waals surface area contributed by atoms with E-state index >= 15 is 0 Å². The van der Waals surface area contributed by atoms with Crippen molar-refractivity contribution in [3.05, 3.63) is 279 Å². The van der Waals surface area contributed by atoms with Gasteiger partial charge in [-0.3, -0.25) is 0 Å². The van der Waals surface area contributed by atoms with Crippen LogP contribution in [0.1, 0.15) is 0 Å². The molecule has 0 N–H and O–H groups in total. The molecule has 0 saturated carbocycles. The van der Waals surface area contributed by atoms with E-state index in [1.54, 1.807) is 0 Å². The third-order valence-electron chi connectivity index (χ3n) is 15.9. The Balaban J connectivity index is 0.876. The molecule has 0 amide bonds. The Morgan fingerprint density at radius 1 is 0.158 bits per heavy atom. The van der Waals surface area contributed by atoms with Crippen molar-refractivity contribution >= 4 is 87.2 Å². The number of hydrogen-bond donors (Lipinski definition) is 0. The molecule has 0 spiro atoms. The van der Waals surface area contributed by atoms with E-state index in [2.05, 4.69) is 297 Å². The van der Waals surface area contributed by atoms with Gasteiger partial charge in [0.15, 0.2) is 0 Å². The van der Waals surface area contributed by atoms with Gasteiger partial charge < -0.3 is 18.3 Å². The Kier molecular flexibility index (Phi) is 9.30. The summed E-state index contributed by atoms with van der Waals surface area (Å²) in [7, 11) is 0. The lowest BCUT2D eigenvalue weighted by Gasteiger charge is -2.14. The lowest BCUT2D eigenvalue weighted by atomic mass is 10.0. The van der Waals surface area contributed by atoms with Gasteiger partial charge in [0.1, 0.15) is 0 Å². The molecule has 16 rings (SSSR count). The zero-order valence-electron chi connectivity index (χ0n) is 41.3. The van der Waals surface area contributed by atoms with Crippen LogP contribution in [-0.2, 0) is 0 Å². The molecule has 354 valence electrons. The molecule has 0 radical (unpaired) electrons. The zero-order valence-corrected chi connectivity index (χ0v) is 41.3. The predicted octanol–water partition coefficient (Wildman–Crippen LogP) is 19.1. The summed E-state index contributed by atoms with van der Waals surface area (Å²) in [5, 5.41) is 9.85. The first-order chi connectivity index (χ1) is 37.7. The highest BCUT2D eigenvalue weighted by molar-refractivity contribution is 6.25. The van der Waals surface area contributed by atoms with Crippen LogP contribution in [0.2, 0.25) is 0 Å². The highest BCUT2D eigenvalue weighted by Gasteiger charge is 2.24. The van der Waals surface area contributed by atoms with E-state index in [1.165, 1.54) is 109 Å². The van der Waals surface area contributed by atoms with Crippen molar-refractivity contribution in [3.63, 3.8) is 0 Å². The van der Waals surface area contributed by atoms with Crippen LogP contribution in [0.3, 0.4) is 0 Å². The van der Waals surface area contributed by atoms with Crippen molar-refractivity contribution in [1.29, 1.82) is 0 Å². The minimum Gasteiger partial charge on any atom is -0.307 e. The Bertz CT molecular complexity index is 4610. The molecule has 16 aromatic rings. The van der Waals surface area contributed by atoms with Crippen molar-refractivity contribution in [2.75, 3.05) is 0 Å². The van der Waals surface area contributed by atoms with E-state index < -0.39 is 0 Å². The normalized spacial score (nSPS) is 11.9. The molecular weight excluding hydrogens is 921 g/mol. The number of rotatable bonds is 7. The van der Waals surface area contributed by atoms with E-state index in [1.807, 2.05) is 0 Å². The van der Waals surface area contributed by atoms with E-state index in [-0.39, 0.29) is 0 Å². The minimum atomic E-state index is 1.11. The zero-order chi connectivity index (χ0) is 49.8. The number of benzene rings is 12. The first-order valence-electron chi connectivity index (χ1n) is 26.2. The summed E-state index contributed by atoms with van der Waals surface area (Å²) in [6.07, 6.45) is 0. The van der Waals surface area contributed by atoms with Gasteiger partial charge in [-0.05, 0) is 118 Å². The molecule has 4 nitrogen and oxygen atoms in total. The van der Waals surface area contributed by atoms with Crippen LogP contribution >= 0.6 is 0 Å². The largest absolute Gasteiger partial charge is 0.307 e. The molecular formula is C72H46N4. The first-order valence-corrected chi connectivity index (χ1v) is 26.2. The summed E-state index contributed by atoms with van der Waals surface area (Å²) in [5.41, 5.74) is 21.2. The van der Waals surface area contributed by atoms with Crippen LogP contribution in [-0.4, -0.2) is 18.3 Å². The Morgan fingerprint density at radius 2 is 0.421 bits per heavy atom. The molecule has 76 heavy (non-hydrogen) atoms. The van der Waals surface area contributed by atoms with Gasteiger partial charge in [-0.15, -0.1) is 0 Å². The van der Waals surface area contributed by atoms with E-state index in [0.717, 1.165) is 33.9 Å². The molecule has 0 aliphatic heterocycles. The average Bonchev–Trinajstić information content (AvgIpc) is 4.31. The highest BCUT2D eigenvalue weighted by atomic mass is 15.1. The summed E-state index contributed by atoms with van der Waals surface area (Å²) in [6.45, 7) is 0. The van der Waals surface area contributed by atoms with Gasteiger partial charge in [-0.2, -0.15) is 0 Å². The van der Waals surface area contributed by atoms with Crippen molar-refractivity contribution in [2.45, 2.75) is 0 Å². The van der Waals surface area contributed by atoms with E-state index in [0.29, 0.717) is 0 Å². The quantitative estimate of drug-likeness (QED) is 0.152. The summed E-state index contributed by atoms with van der Waals surface area (Å²) in [4.78, 5) is 0. The number of para-hydroxylation sites is 4. The van der Waals surface area contributed by atoms with Crippen molar-refractivity contribution in [3.8, 4) is 56.1 Å². The smallest absolute Gasteiger partial charge is 0.0788 e. The minimum absolute atomic E-state index is 1.11. The van der Waals surface area contributed by atoms with E-state index in [4.69, 9.17) is 0 Å². The summed E-state index contributed by atoms with van der Waals surface area (Å²) in [5.74, 6) is 0. The van der Waals surface area contributed by atoms with Crippen LogP contribution in [0.15, 0.2) is 279 Å². The Labute approximate surface area is 438 Å². The molecule has 0 saturated heterocycles. The predicted molar refractivity (Wildman–Crippen MR) is 320 cm³/mol. The first kappa shape index (κ1) is 42.4. The van der Waals surface area contributed by atoms with Gasteiger partial charge in [0.05, 0.1) is 44.1 Å². The topological polar surface area (TPSA) is 19.7 Å². The number of fused-ring (bicyclic) bond motifs is 14. The second-order valence-corrected chi connectivity index (χ2v) is 20.1. The van der Waals surface area contributed by atoms with Crippen molar-refractivity contribution < 1.29 is 0 Å². The van der Waals surface area contributed by atoms with Gasteiger partial charge >= 0.3 is 0 Å². The fourth-order valence-corrected chi connectivity index (χ4v) is 12.6. The second-order valence-electron chi connectivity index (χ2n) is 20.1. The van der Waals surface area contributed by atoms with Gasteiger partial charge in [0, 0.05) is 65.8 Å². The maximum atomic E-state index is 2.49. The fourth-order valence-electron chi connectivity index (χ4n) is 12.6. The van der Waals surface area contributed by atoms with Crippen LogP contribution in [0.5, 0.6) is 0 Å². The molecule has 12 aromatic carbocycles. The fraction of sp³-hybridized carbons (Fsp3) is 0. The van der Waals surface area contributed by atoms with E-state index in [9.17, 15) is 0 Å². The lowest BCUT2D eigenvalue weighted by molar-refractivity contribution is 1.15. The molecule has 0 bridgehead atoms. The molecule has 4 heteroatoms. The van der Waals surface area contributed by atoms with Gasteiger partial charge in [0.2, 0.25) is 0 Å². The van der Waals surface area contributed by atoms with Crippen LogP contribution < -0.4 is 0 Å². The summed E-state index contributed by atoms with van der Waals surface area (Å²) >= 11 is 0. The van der Waals surface area contributed by atoms with Gasteiger partial charge in [0.25, 0.3) is 0 Å². The van der Waals surface area contributed by atoms with Crippen LogP contribution in [0.25, 0.3) is 143 Å². The highest BCUT2D eigenvalue weighted by Crippen LogP contribution is 2.45. The monoisotopic (exact) mass is 966 g/mol. The molecule has 4 heterocycles. The SMILES string of the molecule is c1ccc(-c2ccc3c(c2)c2ccc4c5ccccc5n(-c5ccccc5)c4c2n3-c2ccc(-c3ccc(-n4c5ccc(-c6ccccc6)cc5c5ccc6c7ccccc7n(-c7ccccc7)c6c54)cc3)cc2)cc1. The molecule has 0 unspecified atom stereocenters. The Hall–Kier alpha value is -10.2. The Morgan fingerprint density at radius 3 is 0.789 bits per heavy atom. The summed E-state index contributed by atoms with van der Waals surface area (Å²) < 4.78 is 9.91.